The smallest absolute Gasteiger partial charge is 0.0898 e. The molecule has 2 nitrogen and oxygen atoms in total. The summed E-state index contributed by atoms with van der Waals surface area (Å²) in [4.78, 5) is 4.50. The summed E-state index contributed by atoms with van der Waals surface area (Å²) < 4.78 is 0. The molecule has 1 aromatic carbocycles. The van der Waals surface area contributed by atoms with E-state index in [-0.39, 0.29) is 12.1 Å². The molecule has 0 bridgehead atoms. The number of thiazole rings is 1. The molecular weight excluding hydrogens is 299 g/mol. The Balaban J connectivity index is 2.10. The normalized spacial score (nSPS) is 14.4. The Kier molecular flexibility index (Phi) is 4.85. The number of hydrogen-bond donors (Lipinski definition) is 1. The maximum atomic E-state index is 6.22. The van der Waals surface area contributed by atoms with E-state index in [4.69, 9.17) is 23.2 Å². The van der Waals surface area contributed by atoms with Gasteiger partial charge in [-0.25, -0.2) is 4.98 Å². The molecule has 0 fully saturated rings. The molecule has 0 saturated heterocycles. The van der Waals surface area contributed by atoms with Crippen molar-refractivity contribution in [3.05, 3.63) is 49.9 Å². The predicted molar refractivity (Wildman–Crippen MR) is 83.3 cm³/mol. The van der Waals surface area contributed by atoms with Gasteiger partial charge in [0.1, 0.15) is 0 Å². The van der Waals surface area contributed by atoms with Gasteiger partial charge in [-0.05, 0) is 38.5 Å². The minimum atomic E-state index is 0.141. The van der Waals surface area contributed by atoms with Gasteiger partial charge in [-0.15, -0.1) is 11.3 Å². The number of nitrogens with zero attached hydrogens (tertiary/aromatic N) is 1. The van der Waals surface area contributed by atoms with E-state index in [1.54, 1.807) is 17.4 Å². The Morgan fingerprint density at radius 1 is 1.21 bits per heavy atom. The minimum absolute atomic E-state index is 0.141. The number of nitrogens with one attached hydrogen (secondary N) is 1. The Labute approximate surface area is 127 Å². The van der Waals surface area contributed by atoms with Crippen LogP contribution in [0.15, 0.2) is 23.6 Å². The van der Waals surface area contributed by atoms with Gasteiger partial charge in [0.2, 0.25) is 0 Å². The molecule has 5 heteroatoms. The van der Waals surface area contributed by atoms with Crippen molar-refractivity contribution in [1.29, 1.82) is 0 Å². The minimum Gasteiger partial charge on any atom is -0.302 e. The van der Waals surface area contributed by atoms with Crippen LogP contribution in [0, 0.1) is 6.92 Å². The van der Waals surface area contributed by atoms with Gasteiger partial charge < -0.3 is 5.32 Å². The number of aromatic nitrogens is 1. The lowest BCUT2D eigenvalue weighted by molar-refractivity contribution is 0.487. The fraction of sp³-hybridized carbons (Fsp3) is 0.357. The van der Waals surface area contributed by atoms with Crippen molar-refractivity contribution < 1.29 is 0 Å². The zero-order chi connectivity index (χ0) is 14.0. The maximum absolute atomic E-state index is 6.22. The van der Waals surface area contributed by atoms with Crippen LogP contribution < -0.4 is 5.32 Å². The third-order valence-corrected chi connectivity index (χ3v) is 4.36. The molecule has 2 unspecified atom stereocenters. The van der Waals surface area contributed by atoms with E-state index in [0.717, 1.165) is 16.3 Å². The second kappa shape index (κ2) is 6.23. The lowest BCUT2D eigenvalue weighted by Crippen LogP contribution is -2.23. The molecule has 1 heterocycles. The van der Waals surface area contributed by atoms with Crippen LogP contribution >= 0.6 is 34.5 Å². The van der Waals surface area contributed by atoms with Crippen molar-refractivity contribution in [2.75, 3.05) is 0 Å². The standard InChI is InChI=1S/C14H16Cl2N2S/c1-8(12-5-4-11(15)6-13(12)16)17-9(2)14-7-19-10(3)18-14/h4-9,17H,1-3H3. The van der Waals surface area contributed by atoms with E-state index in [2.05, 4.69) is 29.5 Å². The molecule has 2 atom stereocenters. The van der Waals surface area contributed by atoms with Crippen LogP contribution in [0.25, 0.3) is 0 Å². The van der Waals surface area contributed by atoms with Gasteiger partial charge in [-0.1, -0.05) is 29.3 Å². The maximum Gasteiger partial charge on any atom is 0.0898 e. The van der Waals surface area contributed by atoms with Crippen LogP contribution in [0.5, 0.6) is 0 Å². The predicted octanol–water partition coefficient (Wildman–Crippen LogP) is 5.17. The molecule has 0 aliphatic heterocycles. The van der Waals surface area contributed by atoms with E-state index in [9.17, 15) is 0 Å². The monoisotopic (exact) mass is 314 g/mol. The molecule has 0 saturated carbocycles. The highest BCUT2D eigenvalue weighted by molar-refractivity contribution is 7.09. The highest BCUT2D eigenvalue weighted by Crippen LogP contribution is 2.28. The van der Waals surface area contributed by atoms with Gasteiger partial charge in [0.05, 0.1) is 10.7 Å². The molecule has 0 amide bonds. The van der Waals surface area contributed by atoms with Gasteiger partial charge in [-0.2, -0.15) is 0 Å². The number of rotatable bonds is 4. The average molecular weight is 315 g/mol. The Morgan fingerprint density at radius 3 is 2.53 bits per heavy atom. The molecular formula is C14H16Cl2N2S. The van der Waals surface area contributed by atoms with Crippen molar-refractivity contribution in [3.8, 4) is 0 Å². The first-order valence-corrected chi connectivity index (χ1v) is 7.74. The SMILES string of the molecule is Cc1nc(C(C)NC(C)c2ccc(Cl)cc2Cl)cs1. The lowest BCUT2D eigenvalue weighted by Gasteiger charge is -2.20. The van der Waals surface area contributed by atoms with Crippen molar-refractivity contribution in [3.63, 3.8) is 0 Å². The van der Waals surface area contributed by atoms with Crippen LogP contribution in [-0.2, 0) is 0 Å². The lowest BCUT2D eigenvalue weighted by atomic mass is 10.1. The highest BCUT2D eigenvalue weighted by atomic mass is 35.5. The molecule has 0 aliphatic rings. The van der Waals surface area contributed by atoms with Crippen molar-refractivity contribution in [1.82, 2.24) is 10.3 Å². The van der Waals surface area contributed by atoms with Crippen LogP contribution in [0.2, 0.25) is 10.0 Å². The summed E-state index contributed by atoms with van der Waals surface area (Å²) in [5.41, 5.74) is 2.12. The Bertz CT molecular complexity index is 568. The summed E-state index contributed by atoms with van der Waals surface area (Å²) in [6, 6.07) is 5.92. The number of aryl methyl sites for hydroxylation is 1. The van der Waals surface area contributed by atoms with Gasteiger partial charge in [0.25, 0.3) is 0 Å². The summed E-state index contributed by atoms with van der Waals surface area (Å²) in [6.07, 6.45) is 0. The summed E-state index contributed by atoms with van der Waals surface area (Å²) in [7, 11) is 0. The quantitative estimate of drug-likeness (QED) is 0.842. The van der Waals surface area contributed by atoms with Gasteiger partial charge >= 0.3 is 0 Å². The molecule has 0 radical (unpaired) electrons. The van der Waals surface area contributed by atoms with E-state index in [1.807, 2.05) is 19.1 Å². The van der Waals surface area contributed by atoms with Gasteiger partial charge in [0.15, 0.2) is 0 Å². The topological polar surface area (TPSA) is 24.9 Å². The molecule has 2 rings (SSSR count). The number of benzene rings is 1. The number of halogens is 2. The first-order valence-electron chi connectivity index (χ1n) is 6.10. The summed E-state index contributed by atoms with van der Waals surface area (Å²) in [5, 5.41) is 8.02. The van der Waals surface area contributed by atoms with Crippen LogP contribution in [0.3, 0.4) is 0 Å². The van der Waals surface area contributed by atoms with Crippen molar-refractivity contribution in [2.45, 2.75) is 32.9 Å². The third-order valence-electron chi connectivity index (χ3n) is 3.01. The zero-order valence-electron chi connectivity index (χ0n) is 11.1. The van der Waals surface area contributed by atoms with Gasteiger partial charge in [-0.3, -0.25) is 0 Å². The molecule has 0 aliphatic carbocycles. The molecule has 102 valence electrons. The van der Waals surface area contributed by atoms with E-state index in [1.165, 1.54) is 0 Å². The van der Waals surface area contributed by atoms with Gasteiger partial charge in [0, 0.05) is 27.5 Å². The average Bonchev–Trinajstić information content (AvgIpc) is 2.75. The van der Waals surface area contributed by atoms with Crippen molar-refractivity contribution >= 4 is 34.5 Å². The largest absolute Gasteiger partial charge is 0.302 e. The second-order valence-corrected chi connectivity index (χ2v) is 6.47. The van der Waals surface area contributed by atoms with E-state index >= 15 is 0 Å². The zero-order valence-corrected chi connectivity index (χ0v) is 13.4. The van der Waals surface area contributed by atoms with Crippen LogP contribution in [0.4, 0.5) is 0 Å². The summed E-state index contributed by atoms with van der Waals surface area (Å²) in [5.74, 6) is 0. The first kappa shape index (κ1) is 14.8. The van der Waals surface area contributed by atoms with E-state index < -0.39 is 0 Å². The van der Waals surface area contributed by atoms with E-state index in [0.29, 0.717) is 10.0 Å². The van der Waals surface area contributed by atoms with Crippen LogP contribution in [-0.4, -0.2) is 4.98 Å². The summed E-state index contributed by atoms with van der Waals surface area (Å²) in [6.45, 7) is 6.21. The summed E-state index contributed by atoms with van der Waals surface area (Å²) >= 11 is 13.8. The Hall–Kier alpha value is -0.610. The second-order valence-electron chi connectivity index (χ2n) is 4.57. The fourth-order valence-electron chi connectivity index (χ4n) is 1.98. The molecule has 2 aromatic rings. The fourth-order valence-corrected chi connectivity index (χ4v) is 3.26. The molecule has 1 aromatic heterocycles. The third kappa shape index (κ3) is 3.69. The van der Waals surface area contributed by atoms with Crippen LogP contribution in [0.1, 0.15) is 42.2 Å². The molecule has 1 N–H and O–H groups in total. The first-order chi connectivity index (χ1) is 8.97. The molecule has 19 heavy (non-hydrogen) atoms. The van der Waals surface area contributed by atoms with Crippen molar-refractivity contribution in [2.24, 2.45) is 0 Å². The Morgan fingerprint density at radius 2 is 1.95 bits per heavy atom. The number of hydrogen-bond acceptors (Lipinski definition) is 3. The molecule has 0 spiro atoms. The highest BCUT2D eigenvalue weighted by Gasteiger charge is 2.15.